The van der Waals surface area contributed by atoms with E-state index in [4.69, 9.17) is 12.2 Å². The summed E-state index contributed by atoms with van der Waals surface area (Å²) in [6.07, 6.45) is 0. The second kappa shape index (κ2) is 6.08. The normalized spacial score (nSPS) is 10.7. The second-order valence-electron chi connectivity index (χ2n) is 4.21. The Balaban J connectivity index is 2.03. The number of nitrogens with zero attached hydrogens (tertiary/aromatic N) is 2. The van der Waals surface area contributed by atoms with Gasteiger partial charge in [-0.25, -0.2) is 13.2 Å². The van der Waals surface area contributed by atoms with Gasteiger partial charge in [-0.15, -0.1) is 0 Å². The molecule has 0 aliphatic rings. The Kier molecular flexibility index (Phi) is 4.41. The Morgan fingerprint density at radius 1 is 1.38 bits per heavy atom. The smallest absolute Gasteiger partial charge is 0.254 e. The molecule has 0 aliphatic carbocycles. The number of rotatable bonds is 4. The van der Waals surface area contributed by atoms with E-state index in [1.54, 1.807) is 11.5 Å². The number of carbonyl (C=O) groups is 1. The van der Waals surface area contributed by atoms with Gasteiger partial charge in [-0.05, 0) is 31.3 Å². The van der Waals surface area contributed by atoms with E-state index in [0.29, 0.717) is 23.2 Å². The van der Waals surface area contributed by atoms with E-state index in [1.165, 1.54) is 0 Å². The topological polar surface area (TPSA) is 62.7 Å². The number of carbonyl (C=O) groups excluding carboxylic acids is 1. The van der Waals surface area contributed by atoms with Crippen LogP contribution in [-0.4, -0.2) is 27.2 Å². The van der Waals surface area contributed by atoms with Crippen molar-refractivity contribution in [3.63, 3.8) is 0 Å². The molecule has 0 bridgehead atoms. The van der Waals surface area contributed by atoms with Gasteiger partial charge in [-0.3, -0.25) is 9.89 Å². The van der Waals surface area contributed by atoms with Crippen LogP contribution in [0.4, 0.5) is 13.2 Å². The molecule has 9 heteroatoms. The summed E-state index contributed by atoms with van der Waals surface area (Å²) in [6.45, 7) is 2.17. The predicted molar refractivity (Wildman–Crippen MR) is 70.8 cm³/mol. The number of amides is 1. The first-order valence-electron chi connectivity index (χ1n) is 5.95. The summed E-state index contributed by atoms with van der Waals surface area (Å²) in [7, 11) is 0. The first-order valence-corrected chi connectivity index (χ1v) is 6.36. The lowest BCUT2D eigenvalue weighted by atomic mass is 10.2. The fraction of sp³-hybridized carbons (Fsp3) is 0.250. The summed E-state index contributed by atoms with van der Waals surface area (Å²) >= 11 is 4.98. The molecule has 1 aromatic heterocycles. The Hall–Kier alpha value is -2.16. The molecule has 2 N–H and O–H groups in total. The molecular formula is C12H11F3N4OS. The van der Waals surface area contributed by atoms with Crippen molar-refractivity contribution in [1.82, 2.24) is 20.1 Å². The Morgan fingerprint density at radius 3 is 2.71 bits per heavy atom. The zero-order chi connectivity index (χ0) is 15.6. The molecule has 0 aliphatic heterocycles. The van der Waals surface area contributed by atoms with Gasteiger partial charge < -0.3 is 9.88 Å². The van der Waals surface area contributed by atoms with Gasteiger partial charge in [0.25, 0.3) is 5.91 Å². The summed E-state index contributed by atoms with van der Waals surface area (Å²) in [5.41, 5.74) is -0.554. The molecule has 0 radical (unpaired) electrons. The number of aromatic amines is 1. The molecule has 0 fully saturated rings. The van der Waals surface area contributed by atoms with Crippen molar-refractivity contribution in [3.8, 4) is 0 Å². The Labute approximate surface area is 122 Å². The Morgan fingerprint density at radius 2 is 2.10 bits per heavy atom. The maximum atomic E-state index is 13.4. The lowest BCUT2D eigenvalue weighted by Crippen LogP contribution is -2.28. The summed E-state index contributed by atoms with van der Waals surface area (Å²) < 4.78 is 41.3. The van der Waals surface area contributed by atoms with E-state index in [-0.39, 0.29) is 6.54 Å². The third kappa shape index (κ3) is 3.13. The third-order valence-electron chi connectivity index (χ3n) is 2.85. The zero-order valence-corrected chi connectivity index (χ0v) is 11.7. The molecule has 112 valence electrons. The van der Waals surface area contributed by atoms with Crippen LogP contribution in [0.1, 0.15) is 16.2 Å². The van der Waals surface area contributed by atoms with Crippen molar-refractivity contribution in [2.24, 2.45) is 0 Å². The van der Waals surface area contributed by atoms with Gasteiger partial charge in [-0.2, -0.15) is 5.10 Å². The first-order chi connectivity index (χ1) is 9.91. The molecular weight excluding hydrogens is 305 g/mol. The van der Waals surface area contributed by atoms with Crippen LogP contribution in [0.25, 0.3) is 0 Å². The number of H-pyrrole nitrogens is 1. The van der Waals surface area contributed by atoms with Gasteiger partial charge in [0.1, 0.15) is 5.82 Å². The number of hydrogen-bond donors (Lipinski definition) is 2. The summed E-state index contributed by atoms with van der Waals surface area (Å²) in [5.74, 6) is -4.73. The molecule has 0 spiro atoms. The fourth-order valence-electron chi connectivity index (χ4n) is 1.74. The minimum atomic E-state index is -1.67. The van der Waals surface area contributed by atoms with Crippen molar-refractivity contribution in [3.05, 3.63) is 45.7 Å². The number of nitrogens with one attached hydrogen (secondary N) is 2. The highest BCUT2D eigenvalue weighted by Gasteiger charge is 2.18. The lowest BCUT2D eigenvalue weighted by Gasteiger charge is -2.08. The van der Waals surface area contributed by atoms with Crippen LogP contribution in [0.15, 0.2) is 12.1 Å². The maximum Gasteiger partial charge on any atom is 0.254 e. The highest BCUT2D eigenvalue weighted by Crippen LogP contribution is 2.14. The molecule has 2 rings (SSSR count). The van der Waals surface area contributed by atoms with Crippen LogP contribution in [0.2, 0.25) is 0 Å². The van der Waals surface area contributed by atoms with Crippen molar-refractivity contribution in [2.75, 3.05) is 6.54 Å². The van der Waals surface area contributed by atoms with Crippen LogP contribution in [0.5, 0.6) is 0 Å². The van der Waals surface area contributed by atoms with Gasteiger partial charge in [0.15, 0.2) is 22.2 Å². The number of aryl methyl sites for hydroxylation is 1. The van der Waals surface area contributed by atoms with Gasteiger partial charge in [-0.1, -0.05) is 0 Å². The van der Waals surface area contributed by atoms with Crippen molar-refractivity contribution in [1.29, 1.82) is 0 Å². The summed E-state index contributed by atoms with van der Waals surface area (Å²) in [6, 6.07) is 1.58. The molecule has 0 saturated heterocycles. The average Bonchev–Trinajstić information content (AvgIpc) is 2.76. The second-order valence-corrected chi connectivity index (χ2v) is 4.59. The van der Waals surface area contributed by atoms with Crippen LogP contribution in [-0.2, 0) is 6.54 Å². The van der Waals surface area contributed by atoms with Gasteiger partial charge >= 0.3 is 0 Å². The molecule has 5 nitrogen and oxygen atoms in total. The predicted octanol–water partition coefficient (Wildman–Crippen LogP) is 2.10. The van der Waals surface area contributed by atoms with Crippen LogP contribution in [0, 0.1) is 29.1 Å². The molecule has 21 heavy (non-hydrogen) atoms. The number of aromatic nitrogens is 3. The molecule has 2 aromatic rings. The summed E-state index contributed by atoms with van der Waals surface area (Å²) in [5, 5.41) is 8.87. The Bertz CT molecular complexity index is 741. The highest BCUT2D eigenvalue weighted by molar-refractivity contribution is 7.71. The number of hydrogen-bond acceptors (Lipinski definition) is 3. The molecule has 1 amide bonds. The van der Waals surface area contributed by atoms with Crippen LogP contribution >= 0.6 is 12.2 Å². The minimum absolute atomic E-state index is 0.131. The van der Waals surface area contributed by atoms with Crippen molar-refractivity contribution < 1.29 is 18.0 Å². The van der Waals surface area contributed by atoms with E-state index in [9.17, 15) is 18.0 Å². The monoisotopic (exact) mass is 316 g/mol. The third-order valence-corrected chi connectivity index (χ3v) is 3.16. The van der Waals surface area contributed by atoms with Gasteiger partial charge in [0.2, 0.25) is 0 Å². The van der Waals surface area contributed by atoms with Gasteiger partial charge in [0, 0.05) is 13.1 Å². The molecule has 0 saturated carbocycles. The SMILES string of the molecule is Cc1n[nH]c(=S)n1CCNC(=O)c1ccc(F)c(F)c1F. The van der Waals surface area contributed by atoms with Crippen molar-refractivity contribution in [2.45, 2.75) is 13.5 Å². The quantitative estimate of drug-likeness (QED) is 0.671. The van der Waals surface area contributed by atoms with E-state index < -0.39 is 28.9 Å². The first kappa shape index (κ1) is 15.2. The highest BCUT2D eigenvalue weighted by atomic mass is 32.1. The van der Waals surface area contributed by atoms with E-state index >= 15 is 0 Å². The molecule has 0 atom stereocenters. The van der Waals surface area contributed by atoms with E-state index in [2.05, 4.69) is 15.5 Å². The maximum absolute atomic E-state index is 13.4. The van der Waals surface area contributed by atoms with E-state index in [1.807, 2.05) is 0 Å². The molecule has 1 aromatic carbocycles. The van der Waals surface area contributed by atoms with Crippen LogP contribution < -0.4 is 5.32 Å². The largest absolute Gasteiger partial charge is 0.350 e. The average molecular weight is 316 g/mol. The van der Waals surface area contributed by atoms with E-state index in [0.717, 1.165) is 6.07 Å². The number of benzene rings is 1. The van der Waals surface area contributed by atoms with Gasteiger partial charge in [0.05, 0.1) is 5.56 Å². The standard InChI is InChI=1S/C12H11F3N4OS/c1-6-17-18-12(21)19(6)5-4-16-11(20)7-2-3-8(13)10(15)9(7)14/h2-3H,4-5H2,1H3,(H,16,20)(H,18,21). The van der Waals surface area contributed by atoms with Crippen molar-refractivity contribution >= 4 is 18.1 Å². The molecule has 1 heterocycles. The zero-order valence-electron chi connectivity index (χ0n) is 10.9. The number of halogens is 3. The minimum Gasteiger partial charge on any atom is -0.350 e. The van der Waals surface area contributed by atoms with Crippen LogP contribution in [0.3, 0.4) is 0 Å². The molecule has 0 unspecified atom stereocenters. The summed E-state index contributed by atoms with van der Waals surface area (Å²) in [4.78, 5) is 11.7. The fourth-order valence-corrected chi connectivity index (χ4v) is 2.01. The lowest BCUT2D eigenvalue weighted by molar-refractivity contribution is 0.0947.